The Hall–Kier alpha value is -1.58. The van der Waals surface area contributed by atoms with Crippen LogP contribution in [0.15, 0.2) is 12.1 Å². The predicted octanol–water partition coefficient (Wildman–Crippen LogP) is 3.92. The van der Waals surface area contributed by atoms with Crippen LogP contribution < -0.4 is 4.74 Å². The third kappa shape index (κ3) is 4.89. The molecule has 0 aliphatic rings. The first kappa shape index (κ1) is 15.5. The Morgan fingerprint density at radius 2 is 2.16 bits per heavy atom. The third-order valence-corrected chi connectivity index (χ3v) is 3.23. The van der Waals surface area contributed by atoms with Crippen molar-refractivity contribution < 1.29 is 4.74 Å². The van der Waals surface area contributed by atoms with Crippen molar-refractivity contribution >= 4 is 11.8 Å². The summed E-state index contributed by atoms with van der Waals surface area (Å²) in [5, 5.41) is 10.8. The van der Waals surface area contributed by atoms with E-state index < -0.39 is 0 Å². The summed E-state index contributed by atoms with van der Waals surface area (Å²) in [7, 11) is 0. The van der Waals surface area contributed by atoms with Gasteiger partial charge in [-0.3, -0.25) is 0 Å². The zero-order chi connectivity index (χ0) is 14.3. The Morgan fingerprint density at radius 1 is 1.42 bits per heavy atom. The first-order chi connectivity index (χ1) is 9.08. The summed E-state index contributed by atoms with van der Waals surface area (Å²) in [5.74, 6) is 4.54. The summed E-state index contributed by atoms with van der Waals surface area (Å²) >= 11 is 1.22. The van der Waals surface area contributed by atoms with E-state index in [2.05, 4.69) is 37.3 Å². The lowest BCUT2D eigenvalue weighted by molar-refractivity contribution is 0.364. The molecular formula is C16H19NOS. The van der Waals surface area contributed by atoms with Gasteiger partial charge in [0.1, 0.15) is 17.8 Å². The van der Waals surface area contributed by atoms with E-state index in [9.17, 15) is 0 Å². The number of benzene rings is 1. The molecular weight excluding hydrogens is 254 g/mol. The van der Waals surface area contributed by atoms with E-state index in [1.165, 1.54) is 17.3 Å². The van der Waals surface area contributed by atoms with Crippen molar-refractivity contribution in [3.8, 4) is 23.5 Å². The highest BCUT2D eigenvalue weighted by Crippen LogP contribution is 2.29. The van der Waals surface area contributed by atoms with Crippen LogP contribution in [-0.4, -0.2) is 6.61 Å². The molecule has 0 aliphatic carbocycles. The number of nitriles is 1. The Morgan fingerprint density at radius 3 is 2.74 bits per heavy atom. The zero-order valence-corrected chi connectivity index (χ0v) is 12.5. The van der Waals surface area contributed by atoms with Gasteiger partial charge in [-0.2, -0.15) is 5.26 Å². The maximum atomic E-state index is 8.72. The number of ether oxygens (including phenoxy) is 1. The van der Waals surface area contributed by atoms with Crippen LogP contribution in [0.3, 0.4) is 0 Å². The number of hydrogen-bond acceptors (Lipinski definition) is 3. The number of hydrogen-bond donors (Lipinski definition) is 0. The maximum Gasteiger partial charge on any atom is 0.148 e. The molecule has 0 amide bonds. The summed E-state index contributed by atoms with van der Waals surface area (Å²) in [6.45, 7) is 6.67. The van der Waals surface area contributed by atoms with Gasteiger partial charge in [0.05, 0.1) is 0 Å². The molecule has 2 nitrogen and oxygen atoms in total. The van der Waals surface area contributed by atoms with Crippen molar-refractivity contribution in [1.82, 2.24) is 0 Å². The van der Waals surface area contributed by atoms with Crippen molar-refractivity contribution in [2.75, 3.05) is 6.61 Å². The van der Waals surface area contributed by atoms with Crippen LogP contribution in [0.1, 0.15) is 30.5 Å². The Balaban J connectivity index is 3.07. The molecule has 0 fully saturated rings. The molecule has 0 heterocycles. The van der Waals surface area contributed by atoms with E-state index in [0.717, 1.165) is 23.3 Å². The second-order valence-corrected chi connectivity index (χ2v) is 5.63. The van der Waals surface area contributed by atoms with Gasteiger partial charge in [-0.25, -0.2) is 0 Å². The summed E-state index contributed by atoms with van der Waals surface area (Å²) in [6.07, 6.45) is 6.27. The van der Waals surface area contributed by atoms with E-state index in [1.807, 2.05) is 6.92 Å². The lowest BCUT2D eigenvalue weighted by atomic mass is 9.98. The molecule has 100 valence electrons. The second kappa shape index (κ2) is 7.77. The monoisotopic (exact) mass is 273 g/mol. The van der Waals surface area contributed by atoms with Gasteiger partial charge in [0.25, 0.3) is 0 Å². The Bertz CT molecular complexity index is 509. The highest BCUT2D eigenvalue weighted by Gasteiger charge is 2.11. The third-order valence-electron chi connectivity index (χ3n) is 2.65. The molecule has 0 N–H and O–H groups in total. The van der Waals surface area contributed by atoms with Crippen molar-refractivity contribution in [3.05, 3.63) is 28.8 Å². The lowest BCUT2D eigenvalue weighted by Crippen LogP contribution is -2.02. The minimum atomic E-state index is 0.259. The second-order valence-electron chi connectivity index (χ2n) is 4.87. The molecule has 0 spiro atoms. The molecule has 1 rings (SSSR count). The summed E-state index contributed by atoms with van der Waals surface area (Å²) < 4.78 is 5.62. The van der Waals surface area contributed by atoms with Gasteiger partial charge in [0.2, 0.25) is 0 Å². The average molecular weight is 273 g/mol. The quantitative estimate of drug-likeness (QED) is 0.582. The number of terminal acetylenes is 1. The summed E-state index contributed by atoms with van der Waals surface area (Å²) in [5.41, 5.74) is 3.42. The van der Waals surface area contributed by atoms with E-state index in [0.29, 0.717) is 11.7 Å². The largest absolute Gasteiger partial charge is 0.480 e. The standard InChI is InChI=1S/C16H19NOS/c1-5-6-18-16-13(4)8-14(7-12(2)3)9-15(16)10-19-11-17/h1,8-9,12H,6-7,10H2,2-4H3. The van der Waals surface area contributed by atoms with Crippen LogP contribution in [0.25, 0.3) is 0 Å². The molecule has 0 aromatic heterocycles. The minimum Gasteiger partial charge on any atom is -0.480 e. The van der Waals surface area contributed by atoms with Gasteiger partial charge in [0.15, 0.2) is 0 Å². The Labute approximate surface area is 120 Å². The molecule has 0 saturated heterocycles. The first-order valence-corrected chi connectivity index (χ1v) is 7.26. The highest BCUT2D eigenvalue weighted by molar-refractivity contribution is 8.02. The fourth-order valence-electron chi connectivity index (χ4n) is 2.05. The number of rotatable bonds is 6. The van der Waals surface area contributed by atoms with Crippen molar-refractivity contribution in [2.45, 2.75) is 32.9 Å². The van der Waals surface area contributed by atoms with Crippen LogP contribution in [0.4, 0.5) is 0 Å². The topological polar surface area (TPSA) is 33.0 Å². The van der Waals surface area contributed by atoms with Crippen molar-refractivity contribution in [1.29, 1.82) is 5.26 Å². The smallest absolute Gasteiger partial charge is 0.148 e. The molecule has 1 aromatic carbocycles. The Kier molecular flexibility index (Phi) is 6.33. The van der Waals surface area contributed by atoms with Crippen molar-refractivity contribution in [2.24, 2.45) is 5.92 Å². The number of thioether (sulfide) groups is 1. The van der Waals surface area contributed by atoms with Gasteiger partial charge in [-0.1, -0.05) is 31.9 Å². The van der Waals surface area contributed by atoms with Crippen LogP contribution in [0.5, 0.6) is 5.75 Å². The molecule has 0 radical (unpaired) electrons. The fraction of sp³-hybridized carbons (Fsp3) is 0.438. The highest BCUT2D eigenvalue weighted by atomic mass is 32.2. The van der Waals surface area contributed by atoms with Gasteiger partial charge >= 0.3 is 0 Å². The fourth-order valence-corrected chi connectivity index (χ4v) is 2.49. The number of thiocyanates is 1. The number of aryl methyl sites for hydroxylation is 1. The molecule has 0 atom stereocenters. The maximum absolute atomic E-state index is 8.72. The van der Waals surface area contributed by atoms with Gasteiger partial charge < -0.3 is 4.74 Å². The van der Waals surface area contributed by atoms with E-state index in [1.54, 1.807) is 0 Å². The van der Waals surface area contributed by atoms with Crippen molar-refractivity contribution in [3.63, 3.8) is 0 Å². The average Bonchev–Trinajstić information content (AvgIpc) is 2.34. The lowest BCUT2D eigenvalue weighted by Gasteiger charge is -2.15. The zero-order valence-electron chi connectivity index (χ0n) is 11.7. The van der Waals surface area contributed by atoms with Gasteiger partial charge in [-0.15, -0.1) is 6.42 Å². The molecule has 1 aromatic rings. The predicted molar refractivity (Wildman–Crippen MR) is 81.0 cm³/mol. The SMILES string of the molecule is C#CCOc1c(C)cc(CC(C)C)cc1CSC#N. The van der Waals surface area contributed by atoms with Gasteiger partial charge in [0, 0.05) is 11.3 Å². The molecule has 0 bridgehead atoms. The molecule has 0 saturated carbocycles. The van der Waals surface area contributed by atoms with Crippen LogP contribution >= 0.6 is 11.8 Å². The summed E-state index contributed by atoms with van der Waals surface area (Å²) in [4.78, 5) is 0. The minimum absolute atomic E-state index is 0.259. The van der Waals surface area contributed by atoms with Gasteiger partial charge in [-0.05, 0) is 42.2 Å². The molecule has 3 heteroatoms. The molecule has 19 heavy (non-hydrogen) atoms. The van der Waals surface area contributed by atoms with Crippen LogP contribution in [-0.2, 0) is 12.2 Å². The van der Waals surface area contributed by atoms with Crippen LogP contribution in [0, 0.1) is 35.8 Å². The number of nitrogens with zero attached hydrogens (tertiary/aromatic N) is 1. The van der Waals surface area contributed by atoms with E-state index in [-0.39, 0.29) is 6.61 Å². The van der Waals surface area contributed by atoms with E-state index >= 15 is 0 Å². The normalized spacial score (nSPS) is 10.0. The first-order valence-electron chi connectivity index (χ1n) is 6.28. The van der Waals surface area contributed by atoms with E-state index in [4.69, 9.17) is 16.4 Å². The molecule has 0 aliphatic heterocycles. The van der Waals surface area contributed by atoms with Crippen LogP contribution in [0.2, 0.25) is 0 Å². The summed E-state index contributed by atoms with van der Waals surface area (Å²) in [6, 6.07) is 4.27. The molecule has 0 unspecified atom stereocenters.